The van der Waals surface area contributed by atoms with Crippen LogP contribution >= 0.6 is 11.6 Å². The average molecular weight is 502 g/mol. The first-order valence-corrected chi connectivity index (χ1v) is 12.4. The molecule has 1 aliphatic heterocycles. The zero-order valence-electron chi connectivity index (χ0n) is 18.0. The molecule has 1 aliphatic rings. The van der Waals surface area contributed by atoms with Crippen LogP contribution in [-0.2, 0) is 26.0 Å². The molecule has 9 heteroatoms. The smallest absolute Gasteiger partial charge is 0.308 e. The third-order valence-corrected chi connectivity index (χ3v) is 7.85. The molecular formula is C25H21ClFNO5S. The minimum Gasteiger partial charge on any atom is -0.457 e. The van der Waals surface area contributed by atoms with E-state index in [0.717, 1.165) is 17.7 Å². The van der Waals surface area contributed by atoms with E-state index in [4.69, 9.17) is 16.3 Å². The number of sulfonamides is 1. The van der Waals surface area contributed by atoms with Crippen molar-refractivity contribution in [2.45, 2.75) is 23.8 Å². The first-order chi connectivity index (χ1) is 16.3. The standard InChI is InChI=1S/C25H21ClFNO5S/c26-19-7-5-18(6-8-19)24(29)16-33-25(30)15-23-22-4-2-1-3-17(22)13-14-28(23)34(31,32)21-11-9-20(27)10-12-21/h1-12,23H,13-16H2. The number of hydrogen-bond donors (Lipinski definition) is 0. The Labute approximate surface area is 202 Å². The van der Waals surface area contributed by atoms with Gasteiger partial charge >= 0.3 is 5.97 Å². The Hall–Kier alpha value is -3.07. The second-order valence-electron chi connectivity index (χ2n) is 7.83. The number of ketones is 1. The van der Waals surface area contributed by atoms with Crippen molar-refractivity contribution < 1.29 is 27.1 Å². The van der Waals surface area contributed by atoms with Gasteiger partial charge in [0.05, 0.1) is 17.4 Å². The summed E-state index contributed by atoms with van der Waals surface area (Å²) in [6.45, 7) is -0.322. The zero-order chi connectivity index (χ0) is 24.3. The highest BCUT2D eigenvalue weighted by atomic mass is 35.5. The molecule has 176 valence electrons. The first kappa shape index (κ1) is 24.1. The minimum atomic E-state index is -4.02. The summed E-state index contributed by atoms with van der Waals surface area (Å²) in [6.07, 6.45) is 0.197. The Morgan fingerprint density at radius 2 is 1.68 bits per heavy atom. The van der Waals surface area contributed by atoms with Gasteiger partial charge in [0.15, 0.2) is 12.4 Å². The van der Waals surface area contributed by atoms with Crippen molar-refractivity contribution in [3.05, 3.63) is 100 Å². The summed E-state index contributed by atoms with van der Waals surface area (Å²) in [7, 11) is -4.02. The van der Waals surface area contributed by atoms with Crippen molar-refractivity contribution in [2.75, 3.05) is 13.2 Å². The van der Waals surface area contributed by atoms with Crippen LogP contribution in [0.5, 0.6) is 0 Å². The molecule has 0 aromatic heterocycles. The van der Waals surface area contributed by atoms with E-state index < -0.39 is 40.2 Å². The monoisotopic (exact) mass is 501 g/mol. The molecule has 0 fully saturated rings. The molecule has 6 nitrogen and oxygen atoms in total. The van der Waals surface area contributed by atoms with Crippen molar-refractivity contribution in [3.8, 4) is 0 Å². The molecule has 34 heavy (non-hydrogen) atoms. The van der Waals surface area contributed by atoms with Crippen LogP contribution in [-0.4, -0.2) is 37.6 Å². The molecule has 0 spiro atoms. The number of esters is 1. The van der Waals surface area contributed by atoms with Crippen molar-refractivity contribution in [1.82, 2.24) is 4.31 Å². The first-order valence-electron chi connectivity index (χ1n) is 10.6. The van der Waals surface area contributed by atoms with E-state index in [1.165, 1.54) is 28.6 Å². The van der Waals surface area contributed by atoms with Crippen LogP contribution in [0.3, 0.4) is 0 Å². The molecule has 3 aromatic rings. The molecule has 1 atom stereocenters. The van der Waals surface area contributed by atoms with Gasteiger partial charge in [0.1, 0.15) is 5.82 Å². The minimum absolute atomic E-state index is 0.0652. The van der Waals surface area contributed by atoms with Gasteiger partial charge in [-0.15, -0.1) is 0 Å². The number of fused-ring (bicyclic) bond motifs is 1. The normalized spacial score (nSPS) is 16.0. The lowest BCUT2D eigenvalue weighted by Crippen LogP contribution is -2.41. The number of carbonyl (C=O) groups excluding carboxylic acids is 2. The second kappa shape index (κ2) is 10.0. The second-order valence-corrected chi connectivity index (χ2v) is 10.2. The summed E-state index contributed by atoms with van der Waals surface area (Å²) in [5.74, 6) is -1.65. The van der Waals surface area contributed by atoms with E-state index in [0.29, 0.717) is 22.6 Å². The summed E-state index contributed by atoms with van der Waals surface area (Å²) in [4.78, 5) is 25.0. The highest BCUT2D eigenvalue weighted by Gasteiger charge is 2.37. The van der Waals surface area contributed by atoms with Crippen LogP contribution in [0.25, 0.3) is 0 Å². The van der Waals surface area contributed by atoms with Gasteiger partial charge in [-0.1, -0.05) is 35.9 Å². The summed E-state index contributed by atoms with van der Waals surface area (Å²) in [6, 6.07) is 17.2. The summed E-state index contributed by atoms with van der Waals surface area (Å²) < 4.78 is 46.5. The molecule has 1 unspecified atom stereocenters. The number of benzene rings is 3. The summed E-state index contributed by atoms with van der Waals surface area (Å²) in [5, 5.41) is 0.479. The Morgan fingerprint density at radius 1 is 1.00 bits per heavy atom. The molecule has 3 aromatic carbocycles. The van der Waals surface area contributed by atoms with Gasteiger partial charge < -0.3 is 4.74 Å². The van der Waals surface area contributed by atoms with Crippen molar-refractivity contribution in [1.29, 1.82) is 0 Å². The highest BCUT2D eigenvalue weighted by Crippen LogP contribution is 2.36. The van der Waals surface area contributed by atoms with Gasteiger partial charge in [-0.05, 0) is 66.1 Å². The van der Waals surface area contributed by atoms with E-state index in [-0.39, 0.29) is 17.9 Å². The molecular weight excluding hydrogens is 481 g/mol. The highest BCUT2D eigenvalue weighted by molar-refractivity contribution is 7.89. The largest absolute Gasteiger partial charge is 0.457 e. The molecule has 1 heterocycles. The maximum Gasteiger partial charge on any atom is 0.308 e. The number of hydrogen-bond acceptors (Lipinski definition) is 5. The third-order valence-electron chi connectivity index (χ3n) is 5.67. The molecule has 0 aliphatic carbocycles. The number of nitrogens with zero attached hydrogens (tertiary/aromatic N) is 1. The van der Waals surface area contributed by atoms with Crippen molar-refractivity contribution in [2.24, 2.45) is 0 Å². The van der Waals surface area contributed by atoms with Crippen LogP contribution in [0, 0.1) is 5.82 Å². The van der Waals surface area contributed by atoms with Crippen molar-refractivity contribution in [3.63, 3.8) is 0 Å². The Bertz CT molecular complexity index is 1310. The van der Waals surface area contributed by atoms with E-state index >= 15 is 0 Å². The van der Waals surface area contributed by atoms with Gasteiger partial charge in [0, 0.05) is 17.1 Å². The lowest BCUT2D eigenvalue weighted by Gasteiger charge is -2.36. The van der Waals surface area contributed by atoms with Gasteiger partial charge in [0.2, 0.25) is 10.0 Å². The molecule has 4 rings (SSSR count). The lowest BCUT2D eigenvalue weighted by atomic mass is 9.92. The third kappa shape index (κ3) is 5.19. The average Bonchev–Trinajstić information content (AvgIpc) is 2.83. The van der Waals surface area contributed by atoms with Crippen LogP contribution in [0.15, 0.2) is 77.7 Å². The maximum absolute atomic E-state index is 13.4. The fraction of sp³-hybridized carbons (Fsp3) is 0.200. The summed E-state index contributed by atoms with van der Waals surface area (Å²) in [5.41, 5.74) is 1.98. The quantitative estimate of drug-likeness (QED) is 0.349. The van der Waals surface area contributed by atoms with Crippen LogP contribution < -0.4 is 0 Å². The lowest BCUT2D eigenvalue weighted by molar-refractivity contribution is -0.143. The van der Waals surface area contributed by atoms with E-state index in [1.54, 1.807) is 24.3 Å². The molecule has 0 N–H and O–H groups in total. The number of carbonyl (C=O) groups is 2. The van der Waals surface area contributed by atoms with E-state index in [2.05, 4.69) is 0 Å². The number of ether oxygens (including phenoxy) is 1. The number of halogens is 2. The molecule has 0 amide bonds. The zero-order valence-corrected chi connectivity index (χ0v) is 19.6. The topological polar surface area (TPSA) is 80.8 Å². The maximum atomic E-state index is 13.4. The Balaban J connectivity index is 1.54. The van der Waals surface area contributed by atoms with E-state index in [1.807, 2.05) is 12.1 Å². The Morgan fingerprint density at radius 3 is 2.38 bits per heavy atom. The van der Waals surface area contributed by atoms with Gasteiger partial charge in [0.25, 0.3) is 0 Å². The van der Waals surface area contributed by atoms with Gasteiger partial charge in [-0.3, -0.25) is 9.59 Å². The SMILES string of the molecule is O=C(CC1c2ccccc2CCN1S(=O)(=O)c1ccc(F)cc1)OCC(=O)c1ccc(Cl)cc1. The van der Waals surface area contributed by atoms with Crippen LogP contribution in [0.1, 0.15) is 33.9 Å². The molecule has 0 radical (unpaired) electrons. The molecule has 0 bridgehead atoms. The fourth-order valence-corrected chi connectivity index (χ4v) is 5.68. The molecule has 0 saturated carbocycles. The van der Waals surface area contributed by atoms with E-state index in [9.17, 15) is 22.4 Å². The van der Waals surface area contributed by atoms with Crippen LogP contribution in [0.4, 0.5) is 4.39 Å². The predicted molar refractivity (Wildman–Crippen MR) is 125 cm³/mol. The Kier molecular flexibility index (Phi) is 7.11. The fourth-order valence-electron chi connectivity index (χ4n) is 3.95. The summed E-state index contributed by atoms with van der Waals surface area (Å²) >= 11 is 5.83. The molecule has 0 saturated heterocycles. The van der Waals surface area contributed by atoms with Crippen LogP contribution in [0.2, 0.25) is 5.02 Å². The van der Waals surface area contributed by atoms with Crippen molar-refractivity contribution >= 4 is 33.4 Å². The predicted octanol–water partition coefficient (Wildman–Crippen LogP) is 4.58. The number of Topliss-reactive ketones (excluding diaryl/α,β-unsaturated/α-hetero) is 1. The van der Waals surface area contributed by atoms with Gasteiger partial charge in [-0.2, -0.15) is 4.31 Å². The number of rotatable bonds is 7. The van der Waals surface area contributed by atoms with Gasteiger partial charge in [-0.25, -0.2) is 12.8 Å².